The van der Waals surface area contributed by atoms with Gasteiger partial charge in [-0.3, -0.25) is 0 Å². The van der Waals surface area contributed by atoms with Crippen LogP contribution in [0.15, 0.2) is 18.2 Å². The van der Waals surface area contributed by atoms with E-state index in [9.17, 15) is 4.79 Å². The molecule has 1 N–H and O–H groups in total. The van der Waals surface area contributed by atoms with Crippen molar-refractivity contribution in [3.63, 3.8) is 0 Å². The van der Waals surface area contributed by atoms with E-state index in [4.69, 9.17) is 18.0 Å². The number of hydrogen-bond acceptors (Lipinski definition) is 1. The van der Waals surface area contributed by atoms with Gasteiger partial charge in [0.25, 0.3) is 0 Å². The van der Waals surface area contributed by atoms with Crippen molar-refractivity contribution in [1.29, 1.82) is 0 Å². The Morgan fingerprint density at radius 2 is 2.00 bits per heavy atom. The SMILES string of the molecule is C#Cc1ccc(C#C)c(C(=O)O)c1. The molecular weight excluding hydrogens is 164 g/mol. The zero-order valence-electron chi connectivity index (χ0n) is 6.74. The number of rotatable bonds is 1. The first kappa shape index (κ1) is 8.90. The average molecular weight is 170 g/mol. The fraction of sp³-hybridized carbons (Fsp3) is 0. The molecule has 0 spiro atoms. The molecule has 0 atom stereocenters. The minimum absolute atomic E-state index is 0.0675. The lowest BCUT2D eigenvalue weighted by molar-refractivity contribution is 0.0696. The highest BCUT2D eigenvalue weighted by molar-refractivity contribution is 5.91. The molecule has 0 aliphatic carbocycles. The van der Waals surface area contributed by atoms with Crippen molar-refractivity contribution in [3.05, 3.63) is 34.9 Å². The number of carboxylic acid groups (broad SMARTS) is 1. The summed E-state index contributed by atoms with van der Waals surface area (Å²) in [7, 11) is 0. The lowest BCUT2D eigenvalue weighted by atomic mass is 10.0. The van der Waals surface area contributed by atoms with Gasteiger partial charge in [0, 0.05) is 11.1 Å². The van der Waals surface area contributed by atoms with Gasteiger partial charge in [0.05, 0.1) is 5.56 Å². The number of carboxylic acids is 1. The summed E-state index contributed by atoms with van der Waals surface area (Å²) in [5.74, 6) is 3.56. The standard InChI is InChI=1S/C11H6O2/c1-3-8-5-6-9(4-2)10(7-8)11(12)13/h1-2,5-7H,(H,12,13). The average Bonchev–Trinajstić information content (AvgIpc) is 2.16. The van der Waals surface area contributed by atoms with E-state index in [0.29, 0.717) is 11.1 Å². The van der Waals surface area contributed by atoms with Crippen LogP contribution in [0.1, 0.15) is 21.5 Å². The van der Waals surface area contributed by atoms with Gasteiger partial charge in [-0.25, -0.2) is 4.79 Å². The zero-order chi connectivity index (χ0) is 9.84. The summed E-state index contributed by atoms with van der Waals surface area (Å²) in [6.07, 6.45) is 10.2. The zero-order valence-corrected chi connectivity index (χ0v) is 6.74. The Balaban J connectivity index is 3.39. The summed E-state index contributed by atoms with van der Waals surface area (Å²) in [5.41, 5.74) is 0.917. The molecular formula is C11H6O2. The van der Waals surface area contributed by atoms with Crippen LogP contribution in [0.5, 0.6) is 0 Å². The van der Waals surface area contributed by atoms with Crippen molar-refractivity contribution in [2.75, 3.05) is 0 Å². The maximum atomic E-state index is 10.7. The first-order chi connectivity index (χ1) is 6.19. The molecule has 0 aliphatic heterocycles. The van der Waals surface area contributed by atoms with Crippen LogP contribution in [0.4, 0.5) is 0 Å². The van der Waals surface area contributed by atoms with Gasteiger partial charge in [0.1, 0.15) is 0 Å². The van der Waals surface area contributed by atoms with E-state index in [0.717, 1.165) is 0 Å². The molecule has 0 aromatic heterocycles. The van der Waals surface area contributed by atoms with Crippen molar-refractivity contribution in [2.24, 2.45) is 0 Å². The summed E-state index contributed by atoms with van der Waals surface area (Å²) < 4.78 is 0. The number of benzene rings is 1. The Hall–Kier alpha value is -2.19. The first-order valence-electron chi connectivity index (χ1n) is 3.49. The van der Waals surface area contributed by atoms with E-state index in [1.165, 1.54) is 12.1 Å². The number of aromatic carboxylic acids is 1. The predicted octanol–water partition coefficient (Wildman–Crippen LogP) is 1.35. The molecule has 2 heteroatoms. The highest BCUT2D eigenvalue weighted by atomic mass is 16.4. The van der Waals surface area contributed by atoms with Crippen LogP contribution in [-0.4, -0.2) is 11.1 Å². The molecule has 0 aliphatic rings. The molecule has 0 saturated carbocycles. The second kappa shape index (κ2) is 3.47. The Morgan fingerprint density at radius 3 is 2.46 bits per heavy atom. The third kappa shape index (κ3) is 1.69. The predicted molar refractivity (Wildman–Crippen MR) is 49.3 cm³/mol. The van der Waals surface area contributed by atoms with Crippen LogP contribution in [0, 0.1) is 24.7 Å². The van der Waals surface area contributed by atoms with Crippen LogP contribution in [-0.2, 0) is 0 Å². The minimum Gasteiger partial charge on any atom is -0.478 e. The molecule has 0 unspecified atom stereocenters. The van der Waals surface area contributed by atoms with Crippen molar-refractivity contribution in [3.8, 4) is 24.7 Å². The molecule has 13 heavy (non-hydrogen) atoms. The van der Waals surface area contributed by atoms with Crippen LogP contribution >= 0.6 is 0 Å². The van der Waals surface area contributed by atoms with Crippen molar-refractivity contribution in [2.45, 2.75) is 0 Å². The quantitative estimate of drug-likeness (QED) is 0.646. The highest BCUT2D eigenvalue weighted by Crippen LogP contribution is 2.10. The van der Waals surface area contributed by atoms with Gasteiger partial charge < -0.3 is 5.11 Å². The van der Waals surface area contributed by atoms with E-state index in [1.807, 2.05) is 0 Å². The molecule has 1 aromatic carbocycles. The maximum absolute atomic E-state index is 10.7. The molecule has 2 nitrogen and oxygen atoms in total. The van der Waals surface area contributed by atoms with Gasteiger partial charge in [-0.15, -0.1) is 12.8 Å². The third-order valence-corrected chi connectivity index (χ3v) is 1.57. The fourth-order valence-electron chi connectivity index (χ4n) is 0.937. The lowest BCUT2D eigenvalue weighted by Crippen LogP contribution is -2.00. The van der Waals surface area contributed by atoms with Crippen molar-refractivity contribution >= 4 is 5.97 Å². The Kier molecular flexibility index (Phi) is 2.38. The molecule has 0 fully saturated rings. The van der Waals surface area contributed by atoms with E-state index in [1.54, 1.807) is 6.07 Å². The monoisotopic (exact) mass is 170 g/mol. The van der Waals surface area contributed by atoms with Crippen LogP contribution < -0.4 is 0 Å². The molecule has 1 aromatic rings. The molecule has 62 valence electrons. The first-order valence-corrected chi connectivity index (χ1v) is 3.49. The van der Waals surface area contributed by atoms with Crippen LogP contribution in [0.25, 0.3) is 0 Å². The van der Waals surface area contributed by atoms with E-state index in [-0.39, 0.29) is 5.56 Å². The minimum atomic E-state index is -1.06. The molecule has 0 saturated heterocycles. The molecule has 0 amide bonds. The summed E-state index contributed by atoms with van der Waals surface area (Å²) in [6, 6.07) is 4.53. The maximum Gasteiger partial charge on any atom is 0.337 e. The van der Waals surface area contributed by atoms with Crippen molar-refractivity contribution in [1.82, 2.24) is 0 Å². The molecule has 0 heterocycles. The number of hydrogen-bond donors (Lipinski definition) is 1. The van der Waals surface area contributed by atoms with Crippen LogP contribution in [0.3, 0.4) is 0 Å². The number of terminal acetylenes is 2. The topological polar surface area (TPSA) is 37.3 Å². The third-order valence-electron chi connectivity index (χ3n) is 1.57. The van der Waals surface area contributed by atoms with Gasteiger partial charge >= 0.3 is 5.97 Å². The molecule has 0 radical (unpaired) electrons. The molecule has 0 bridgehead atoms. The Labute approximate surface area is 76.2 Å². The van der Waals surface area contributed by atoms with Gasteiger partial charge in [-0.05, 0) is 18.2 Å². The molecule has 1 rings (SSSR count). The summed E-state index contributed by atoms with van der Waals surface area (Å²) in [6.45, 7) is 0. The van der Waals surface area contributed by atoms with E-state index in [2.05, 4.69) is 11.8 Å². The normalized spacial score (nSPS) is 8.46. The lowest BCUT2D eigenvalue weighted by Gasteiger charge is -1.99. The highest BCUT2D eigenvalue weighted by Gasteiger charge is 2.08. The van der Waals surface area contributed by atoms with E-state index >= 15 is 0 Å². The van der Waals surface area contributed by atoms with Gasteiger partial charge in [-0.1, -0.05) is 11.8 Å². The van der Waals surface area contributed by atoms with Gasteiger partial charge in [0.15, 0.2) is 0 Å². The largest absolute Gasteiger partial charge is 0.478 e. The fourth-order valence-corrected chi connectivity index (χ4v) is 0.937. The van der Waals surface area contributed by atoms with Crippen LogP contribution in [0.2, 0.25) is 0 Å². The summed E-state index contributed by atoms with van der Waals surface area (Å²) in [5, 5.41) is 8.75. The van der Waals surface area contributed by atoms with Gasteiger partial charge in [-0.2, -0.15) is 0 Å². The van der Waals surface area contributed by atoms with E-state index < -0.39 is 5.97 Å². The Bertz CT molecular complexity index is 430. The van der Waals surface area contributed by atoms with Crippen molar-refractivity contribution < 1.29 is 9.90 Å². The van der Waals surface area contributed by atoms with Gasteiger partial charge in [0.2, 0.25) is 0 Å². The summed E-state index contributed by atoms with van der Waals surface area (Å²) in [4.78, 5) is 10.7. The number of carbonyl (C=O) groups is 1. The second-order valence-corrected chi connectivity index (χ2v) is 2.35. The summed E-state index contributed by atoms with van der Waals surface area (Å²) >= 11 is 0. The smallest absolute Gasteiger partial charge is 0.337 e. The Morgan fingerprint density at radius 1 is 1.31 bits per heavy atom. The second-order valence-electron chi connectivity index (χ2n) is 2.35.